The molecule has 0 saturated carbocycles. The maximum Gasteiger partial charge on any atom is 0.315 e. The lowest BCUT2D eigenvalue weighted by Gasteiger charge is -2.17. The van der Waals surface area contributed by atoms with Crippen molar-refractivity contribution in [3.8, 4) is 0 Å². The van der Waals surface area contributed by atoms with E-state index in [-0.39, 0.29) is 18.6 Å². The molecule has 1 heterocycles. The smallest absolute Gasteiger partial charge is 0.315 e. The predicted molar refractivity (Wildman–Crippen MR) is 84.6 cm³/mol. The average Bonchev–Trinajstić information content (AvgIpc) is 2.97. The molecular formula is C15H19ClN4O2. The van der Waals surface area contributed by atoms with Crippen molar-refractivity contribution in [2.24, 2.45) is 0 Å². The number of imidazole rings is 1. The highest BCUT2D eigenvalue weighted by molar-refractivity contribution is 6.30. The van der Waals surface area contributed by atoms with Gasteiger partial charge in [-0.15, -0.1) is 0 Å². The fourth-order valence-electron chi connectivity index (χ4n) is 2.05. The number of rotatable bonds is 6. The van der Waals surface area contributed by atoms with Gasteiger partial charge >= 0.3 is 6.03 Å². The molecule has 0 spiro atoms. The van der Waals surface area contributed by atoms with E-state index in [4.69, 9.17) is 11.6 Å². The van der Waals surface area contributed by atoms with Crippen LogP contribution in [0.15, 0.2) is 43.0 Å². The second-order valence-electron chi connectivity index (χ2n) is 5.09. The molecule has 0 aliphatic heterocycles. The lowest BCUT2D eigenvalue weighted by Crippen LogP contribution is -2.43. The summed E-state index contributed by atoms with van der Waals surface area (Å²) in [7, 11) is 0. The SMILES string of the molecule is C[C@H](Cn1ccnc1)NC(=O)NC[C@H](O)c1cccc(Cl)c1. The van der Waals surface area contributed by atoms with E-state index in [0.29, 0.717) is 17.1 Å². The lowest BCUT2D eigenvalue weighted by atomic mass is 10.1. The molecule has 0 bridgehead atoms. The number of aliphatic hydroxyl groups excluding tert-OH is 1. The van der Waals surface area contributed by atoms with E-state index in [1.807, 2.05) is 17.7 Å². The van der Waals surface area contributed by atoms with Crippen molar-refractivity contribution in [1.82, 2.24) is 20.2 Å². The monoisotopic (exact) mass is 322 g/mol. The van der Waals surface area contributed by atoms with Crippen LogP contribution >= 0.6 is 11.6 Å². The highest BCUT2D eigenvalue weighted by atomic mass is 35.5. The Hall–Kier alpha value is -2.05. The first-order chi connectivity index (χ1) is 10.5. The number of benzene rings is 1. The summed E-state index contributed by atoms with van der Waals surface area (Å²) in [6.07, 6.45) is 4.42. The van der Waals surface area contributed by atoms with Crippen molar-refractivity contribution in [3.63, 3.8) is 0 Å². The summed E-state index contributed by atoms with van der Waals surface area (Å²) in [4.78, 5) is 15.7. The maximum absolute atomic E-state index is 11.8. The topological polar surface area (TPSA) is 79.2 Å². The molecule has 2 atom stereocenters. The summed E-state index contributed by atoms with van der Waals surface area (Å²) in [5, 5.41) is 16.0. The molecule has 1 aromatic heterocycles. The summed E-state index contributed by atoms with van der Waals surface area (Å²) in [5.41, 5.74) is 0.666. The summed E-state index contributed by atoms with van der Waals surface area (Å²) >= 11 is 5.87. The fourth-order valence-corrected chi connectivity index (χ4v) is 2.25. The van der Waals surface area contributed by atoms with Crippen LogP contribution in [0.1, 0.15) is 18.6 Å². The van der Waals surface area contributed by atoms with Crippen LogP contribution in [0.25, 0.3) is 0 Å². The molecule has 0 unspecified atom stereocenters. The van der Waals surface area contributed by atoms with Crippen LogP contribution in [0.2, 0.25) is 5.02 Å². The van der Waals surface area contributed by atoms with Gasteiger partial charge in [0.2, 0.25) is 0 Å². The van der Waals surface area contributed by atoms with Crippen LogP contribution in [-0.2, 0) is 6.54 Å². The molecular weight excluding hydrogens is 304 g/mol. The van der Waals surface area contributed by atoms with Crippen LogP contribution in [0.3, 0.4) is 0 Å². The van der Waals surface area contributed by atoms with Gasteiger partial charge < -0.3 is 20.3 Å². The number of carbonyl (C=O) groups is 1. The molecule has 2 rings (SSSR count). The van der Waals surface area contributed by atoms with E-state index < -0.39 is 6.10 Å². The molecule has 0 radical (unpaired) electrons. The van der Waals surface area contributed by atoms with Crippen molar-refractivity contribution in [2.75, 3.05) is 6.54 Å². The lowest BCUT2D eigenvalue weighted by molar-refractivity contribution is 0.172. The zero-order chi connectivity index (χ0) is 15.9. The summed E-state index contributed by atoms with van der Waals surface area (Å²) in [6.45, 7) is 2.64. The number of urea groups is 1. The molecule has 118 valence electrons. The quantitative estimate of drug-likeness (QED) is 0.760. The standard InChI is InChI=1S/C15H19ClN4O2/c1-11(9-20-6-5-17-10-20)19-15(22)18-8-14(21)12-3-2-4-13(16)7-12/h2-7,10-11,14,21H,8-9H2,1H3,(H2,18,19,22)/t11-,14+/m1/s1. The summed E-state index contributed by atoms with van der Waals surface area (Å²) < 4.78 is 1.88. The van der Waals surface area contributed by atoms with Gasteiger partial charge in [-0.2, -0.15) is 0 Å². The Bertz CT molecular complexity index is 603. The van der Waals surface area contributed by atoms with Crippen LogP contribution in [0, 0.1) is 0 Å². The molecule has 0 fully saturated rings. The Labute approximate surface area is 134 Å². The van der Waals surface area contributed by atoms with Crippen molar-refractivity contribution in [1.29, 1.82) is 0 Å². The molecule has 7 heteroatoms. The number of nitrogens with zero attached hydrogens (tertiary/aromatic N) is 2. The van der Waals surface area contributed by atoms with Gasteiger partial charge in [-0.05, 0) is 24.6 Å². The third-order valence-corrected chi connectivity index (χ3v) is 3.35. The third kappa shape index (κ3) is 5.05. The Balaban J connectivity index is 1.75. The van der Waals surface area contributed by atoms with Gasteiger partial charge in [0, 0.05) is 36.5 Å². The Morgan fingerprint density at radius 1 is 1.50 bits per heavy atom. The highest BCUT2D eigenvalue weighted by Gasteiger charge is 2.11. The van der Waals surface area contributed by atoms with E-state index in [0.717, 1.165) is 0 Å². The van der Waals surface area contributed by atoms with Crippen molar-refractivity contribution < 1.29 is 9.90 Å². The van der Waals surface area contributed by atoms with Gasteiger partial charge in [-0.3, -0.25) is 0 Å². The van der Waals surface area contributed by atoms with Crippen molar-refractivity contribution in [2.45, 2.75) is 25.6 Å². The molecule has 2 amide bonds. The number of nitrogens with one attached hydrogen (secondary N) is 2. The Kier molecular flexibility index (Phi) is 5.80. The number of hydrogen-bond donors (Lipinski definition) is 3. The van der Waals surface area contributed by atoms with Crippen molar-refractivity contribution in [3.05, 3.63) is 53.6 Å². The summed E-state index contributed by atoms with van der Waals surface area (Å²) in [6, 6.07) is 6.54. The minimum atomic E-state index is -0.798. The second kappa shape index (κ2) is 7.82. The van der Waals surface area contributed by atoms with Gasteiger partial charge in [-0.1, -0.05) is 23.7 Å². The van der Waals surface area contributed by atoms with Gasteiger partial charge in [0.15, 0.2) is 0 Å². The number of aromatic nitrogens is 2. The van der Waals surface area contributed by atoms with Gasteiger partial charge in [-0.25, -0.2) is 9.78 Å². The zero-order valence-electron chi connectivity index (χ0n) is 12.2. The molecule has 0 aliphatic rings. The first-order valence-electron chi connectivity index (χ1n) is 6.98. The third-order valence-electron chi connectivity index (χ3n) is 3.11. The number of hydrogen-bond acceptors (Lipinski definition) is 3. The molecule has 6 nitrogen and oxygen atoms in total. The highest BCUT2D eigenvalue weighted by Crippen LogP contribution is 2.16. The molecule has 2 aromatic rings. The van der Waals surface area contributed by atoms with Crippen LogP contribution in [0.5, 0.6) is 0 Å². The zero-order valence-corrected chi connectivity index (χ0v) is 13.0. The van der Waals surface area contributed by atoms with Gasteiger partial charge in [0.05, 0.1) is 12.4 Å². The molecule has 1 aromatic carbocycles. The molecule has 3 N–H and O–H groups in total. The van der Waals surface area contributed by atoms with E-state index in [1.54, 1.807) is 36.8 Å². The largest absolute Gasteiger partial charge is 0.387 e. The van der Waals surface area contributed by atoms with Gasteiger partial charge in [0.25, 0.3) is 0 Å². The summed E-state index contributed by atoms with van der Waals surface area (Å²) in [5.74, 6) is 0. The van der Waals surface area contributed by atoms with E-state index in [2.05, 4.69) is 15.6 Å². The molecule has 0 saturated heterocycles. The van der Waals surface area contributed by atoms with Gasteiger partial charge in [0.1, 0.15) is 0 Å². The van der Waals surface area contributed by atoms with E-state index in [9.17, 15) is 9.90 Å². The molecule has 22 heavy (non-hydrogen) atoms. The fraction of sp³-hybridized carbons (Fsp3) is 0.333. The number of aliphatic hydroxyl groups is 1. The Morgan fingerprint density at radius 3 is 3.00 bits per heavy atom. The minimum absolute atomic E-state index is 0.0579. The number of halogens is 1. The van der Waals surface area contributed by atoms with Crippen LogP contribution in [0.4, 0.5) is 4.79 Å². The first-order valence-corrected chi connectivity index (χ1v) is 7.36. The average molecular weight is 323 g/mol. The van der Waals surface area contributed by atoms with E-state index in [1.165, 1.54) is 0 Å². The molecule has 0 aliphatic carbocycles. The second-order valence-corrected chi connectivity index (χ2v) is 5.52. The number of amides is 2. The Morgan fingerprint density at radius 2 is 2.32 bits per heavy atom. The first kappa shape index (κ1) is 16.3. The number of carbonyl (C=O) groups excluding carboxylic acids is 1. The van der Waals surface area contributed by atoms with Crippen LogP contribution < -0.4 is 10.6 Å². The maximum atomic E-state index is 11.8. The predicted octanol–water partition coefficient (Wildman–Crippen LogP) is 1.96. The minimum Gasteiger partial charge on any atom is -0.387 e. The normalized spacial score (nSPS) is 13.4. The van der Waals surface area contributed by atoms with Crippen molar-refractivity contribution >= 4 is 17.6 Å². The van der Waals surface area contributed by atoms with Crippen LogP contribution in [-0.4, -0.2) is 33.3 Å². The van der Waals surface area contributed by atoms with E-state index >= 15 is 0 Å².